The van der Waals surface area contributed by atoms with Crippen LogP contribution < -0.4 is 14.8 Å². The highest BCUT2D eigenvalue weighted by molar-refractivity contribution is 7.99. The third kappa shape index (κ3) is 5.47. The molecule has 0 saturated heterocycles. The molecule has 4 rings (SSSR count). The van der Waals surface area contributed by atoms with Crippen LogP contribution in [0.5, 0.6) is 11.5 Å². The average Bonchev–Trinajstić information content (AvgIpc) is 3.28. The molecule has 0 atom stereocenters. The van der Waals surface area contributed by atoms with Gasteiger partial charge in [0, 0.05) is 16.3 Å². The van der Waals surface area contributed by atoms with Gasteiger partial charge in [0.2, 0.25) is 5.91 Å². The largest absolute Gasteiger partial charge is 0.497 e. The predicted octanol–water partition coefficient (Wildman–Crippen LogP) is 5.99. The highest BCUT2D eigenvalue weighted by atomic mass is 35.5. The molecule has 0 saturated carbocycles. The number of benzene rings is 3. The van der Waals surface area contributed by atoms with Crippen LogP contribution in [0.15, 0.2) is 71.9 Å². The van der Waals surface area contributed by atoms with E-state index in [9.17, 15) is 4.79 Å². The summed E-state index contributed by atoms with van der Waals surface area (Å²) in [6.45, 7) is 0. The van der Waals surface area contributed by atoms with Crippen LogP contribution in [0, 0.1) is 0 Å². The Morgan fingerprint density at radius 1 is 0.941 bits per heavy atom. The Hall–Kier alpha value is -3.20. The summed E-state index contributed by atoms with van der Waals surface area (Å²) in [5, 5.41) is 13.0. The molecule has 34 heavy (non-hydrogen) atoms. The van der Waals surface area contributed by atoms with Crippen LogP contribution in [0.25, 0.3) is 17.1 Å². The van der Waals surface area contributed by atoms with Crippen molar-refractivity contribution < 1.29 is 14.3 Å². The molecule has 0 aliphatic carbocycles. The van der Waals surface area contributed by atoms with E-state index >= 15 is 0 Å². The van der Waals surface area contributed by atoms with E-state index in [1.54, 1.807) is 32.4 Å². The zero-order valence-corrected chi connectivity index (χ0v) is 20.6. The van der Waals surface area contributed by atoms with E-state index in [0.29, 0.717) is 26.7 Å². The Morgan fingerprint density at radius 3 is 2.21 bits per heavy atom. The smallest absolute Gasteiger partial charge is 0.234 e. The first-order chi connectivity index (χ1) is 16.5. The molecule has 3 aromatic carbocycles. The van der Waals surface area contributed by atoms with Gasteiger partial charge in [0.1, 0.15) is 11.5 Å². The van der Waals surface area contributed by atoms with Gasteiger partial charge >= 0.3 is 0 Å². The zero-order chi connectivity index (χ0) is 24.1. The van der Waals surface area contributed by atoms with E-state index in [-0.39, 0.29) is 11.7 Å². The summed E-state index contributed by atoms with van der Waals surface area (Å²) in [5.41, 5.74) is 2.18. The van der Waals surface area contributed by atoms with Crippen molar-refractivity contribution in [3.05, 3.63) is 76.8 Å². The van der Waals surface area contributed by atoms with Gasteiger partial charge in [-0.2, -0.15) is 0 Å². The van der Waals surface area contributed by atoms with E-state index < -0.39 is 0 Å². The second kappa shape index (κ2) is 10.8. The van der Waals surface area contributed by atoms with Gasteiger partial charge in [-0.05, 0) is 66.7 Å². The number of methoxy groups -OCH3 is 2. The summed E-state index contributed by atoms with van der Waals surface area (Å²) in [7, 11) is 3.23. The molecule has 0 unspecified atom stereocenters. The molecule has 1 amide bonds. The van der Waals surface area contributed by atoms with Gasteiger partial charge in [-0.3, -0.25) is 9.36 Å². The first-order valence-corrected chi connectivity index (χ1v) is 11.8. The molecule has 0 aliphatic rings. The predicted molar refractivity (Wildman–Crippen MR) is 136 cm³/mol. The molecule has 0 aliphatic heterocycles. The van der Waals surface area contributed by atoms with Gasteiger partial charge in [0.25, 0.3) is 0 Å². The Morgan fingerprint density at radius 2 is 1.59 bits per heavy atom. The van der Waals surface area contributed by atoms with Crippen LogP contribution in [-0.4, -0.2) is 40.6 Å². The molecule has 0 spiro atoms. The minimum atomic E-state index is -0.232. The zero-order valence-electron chi connectivity index (χ0n) is 18.3. The third-order valence-electron chi connectivity index (χ3n) is 4.85. The summed E-state index contributed by atoms with van der Waals surface area (Å²) in [6.07, 6.45) is 0. The van der Waals surface area contributed by atoms with Crippen LogP contribution >= 0.6 is 35.0 Å². The molecule has 174 valence electrons. The Kier molecular flexibility index (Phi) is 7.62. The number of amides is 1. The lowest BCUT2D eigenvalue weighted by Crippen LogP contribution is -2.15. The molecule has 0 fully saturated rings. The molecular weight excluding hydrogens is 495 g/mol. The van der Waals surface area contributed by atoms with Crippen LogP contribution in [0.4, 0.5) is 5.69 Å². The maximum atomic E-state index is 12.6. The number of nitrogens with zero attached hydrogens (tertiary/aromatic N) is 3. The molecule has 7 nitrogen and oxygen atoms in total. The Balaban J connectivity index is 1.60. The molecule has 0 radical (unpaired) electrons. The van der Waals surface area contributed by atoms with Crippen molar-refractivity contribution in [2.75, 3.05) is 25.3 Å². The molecule has 0 bridgehead atoms. The maximum absolute atomic E-state index is 12.6. The van der Waals surface area contributed by atoms with E-state index in [4.69, 9.17) is 32.7 Å². The number of anilines is 1. The highest BCUT2D eigenvalue weighted by Gasteiger charge is 2.18. The number of carbonyl (C=O) groups is 1. The molecule has 1 aromatic heterocycles. The van der Waals surface area contributed by atoms with Gasteiger partial charge in [-0.1, -0.05) is 35.0 Å². The molecule has 4 aromatic rings. The van der Waals surface area contributed by atoms with Crippen molar-refractivity contribution in [3.8, 4) is 28.6 Å². The second-order valence-corrected chi connectivity index (χ2v) is 8.82. The average molecular weight is 515 g/mol. The standard InChI is InChI=1S/C24H20Cl2N4O3S/c1-32-18-8-3-15(4-9-18)23-28-29-24(30(23)17-6-10-19(33-2)11-7-17)34-14-22(31)27-21-12-5-16(25)13-20(21)26/h3-13H,14H2,1-2H3,(H,27,31). The van der Waals surface area contributed by atoms with Gasteiger partial charge in [0.05, 0.1) is 30.7 Å². The van der Waals surface area contributed by atoms with Crippen molar-refractivity contribution in [1.29, 1.82) is 0 Å². The summed E-state index contributed by atoms with van der Waals surface area (Å²) in [5.74, 6) is 1.99. The summed E-state index contributed by atoms with van der Waals surface area (Å²) < 4.78 is 12.4. The van der Waals surface area contributed by atoms with Gasteiger partial charge in [-0.15, -0.1) is 10.2 Å². The normalized spacial score (nSPS) is 10.7. The SMILES string of the molecule is COc1ccc(-c2nnc(SCC(=O)Nc3ccc(Cl)cc3Cl)n2-c2ccc(OC)cc2)cc1. The lowest BCUT2D eigenvalue weighted by atomic mass is 10.2. The topological polar surface area (TPSA) is 78.3 Å². The van der Waals surface area contributed by atoms with Crippen molar-refractivity contribution >= 4 is 46.6 Å². The molecule has 1 N–H and O–H groups in total. The summed E-state index contributed by atoms with van der Waals surface area (Å²) >= 11 is 13.4. The van der Waals surface area contributed by atoms with Gasteiger partial charge in [0.15, 0.2) is 11.0 Å². The Labute approximate surface area is 211 Å². The highest BCUT2D eigenvalue weighted by Crippen LogP contribution is 2.30. The lowest BCUT2D eigenvalue weighted by Gasteiger charge is -2.12. The number of hydrogen-bond acceptors (Lipinski definition) is 6. The monoisotopic (exact) mass is 514 g/mol. The lowest BCUT2D eigenvalue weighted by molar-refractivity contribution is -0.113. The van der Waals surface area contributed by atoms with E-state index in [0.717, 1.165) is 22.7 Å². The number of thioether (sulfide) groups is 1. The van der Waals surface area contributed by atoms with Gasteiger partial charge < -0.3 is 14.8 Å². The van der Waals surface area contributed by atoms with Crippen LogP contribution in [0.1, 0.15) is 0 Å². The third-order valence-corrected chi connectivity index (χ3v) is 6.33. The van der Waals surface area contributed by atoms with E-state index in [1.165, 1.54) is 11.8 Å². The number of aromatic nitrogens is 3. The number of rotatable bonds is 8. The van der Waals surface area contributed by atoms with Crippen LogP contribution in [-0.2, 0) is 4.79 Å². The minimum absolute atomic E-state index is 0.107. The van der Waals surface area contributed by atoms with Crippen molar-refractivity contribution in [1.82, 2.24) is 14.8 Å². The fourth-order valence-electron chi connectivity index (χ4n) is 3.16. The maximum Gasteiger partial charge on any atom is 0.234 e. The molecule has 10 heteroatoms. The van der Waals surface area contributed by atoms with E-state index in [1.807, 2.05) is 53.1 Å². The molecular formula is C24H20Cl2N4O3S. The van der Waals surface area contributed by atoms with Crippen molar-refractivity contribution in [3.63, 3.8) is 0 Å². The van der Waals surface area contributed by atoms with Crippen molar-refractivity contribution in [2.45, 2.75) is 5.16 Å². The number of carbonyl (C=O) groups excluding carboxylic acids is 1. The second-order valence-electron chi connectivity index (χ2n) is 7.03. The van der Waals surface area contributed by atoms with Crippen LogP contribution in [0.3, 0.4) is 0 Å². The fourth-order valence-corrected chi connectivity index (χ4v) is 4.37. The molecule has 1 heterocycles. The minimum Gasteiger partial charge on any atom is -0.497 e. The van der Waals surface area contributed by atoms with E-state index in [2.05, 4.69) is 15.5 Å². The summed E-state index contributed by atoms with van der Waals surface area (Å²) in [6, 6.07) is 20.0. The van der Waals surface area contributed by atoms with Crippen LogP contribution in [0.2, 0.25) is 10.0 Å². The quantitative estimate of drug-likeness (QED) is 0.291. The Bertz CT molecular complexity index is 1290. The number of ether oxygens (including phenoxy) is 2. The van der Waals surface area contributed by atoms with Gasteiger partial charge in [-0.25, -0.2) is 0 Å². The number of hydrogen-bond donors (Lipinski definition) is 1. The fraction of sp³-hybridized carbons (Fsp3) is 0.125. The first kappa shape index (κ1) is 23.9. The number of halogens is 2. The summed E-state index contributed by atoms with van der Waals surface area (Å²) in [4.78, 5) is 12.6. The first-order valence-electron chi connectivity index (χ1n) is 10.1. The number of nitrogens with one attached hydrogen (secondary N) is 1. The van der Waals surface area contributed by atoms with Crippen molar-refractivity contribution in [2.24, 2.45) is 0 Å².